The molecular formula is C19H23N3O3S. The Morgan fingerprint density at radius 1 is 1.08 bits per heavy atom. The number of amides is 2. The van der Waals surface area contributed by atoms with E-state index in [0.717, 1.165) is 32.4 Å². The van der Waals surface area contributed by atoms with Crippen molar-refractivity contribution in [3.8, 4) is 0 Å². The van der Waals surface area contributed by atoms with Crippen LogP contribution in [0.15, 0.2) is 59.8 Å². The molecule has 1 saturated heterocycles. The largest absolute Gasteiger partial charge is 0.336 e. The Labute approximate surface area is 154 Å². The Morgan fingerprint density at radius 2 is 1.81 bits per heavy atom. The van der Waals surface area contributed by atoms with Gasteiger partial charge in [-0.3, -0.25) is 4.98 Å². The molecule has 3 rings (SSSR count). The number of aromatic nitrogens is 1. The van der Waals surface area contributed by atoms with Crippen LogP contribution in [0.4, 0.5) is 4.79 Å². The van der Waals surface area contributed by atoms with Gasteiger partial charge in [0.2, 0.25) is 0 Å². The zero-order valence-electron chi connectivity index (χ0n) is 14.5. The summed E-state index contributed by atoms with van der Waals surface area (Å²) in [6.45, 7) is 1.45. The first-order chi connectivity index (χ1) is 12.6. The molecule has 6 nitrogen and oxygen atoms in total. The molecule has 0 saturated carbocycles. The number of nitrogens with one attached hydrogen (secondary N) is 1. The monoisotopic (exact) mass is 373 g/mol. The standard InChI is InChI=1S/C19H23N3O3S/c23-19(22-12-5-2-6-13-22)21-15-18(16-8-7-11-20-14-16)26(24,25)17-9-3-1-4-10-17/h1,3-4,7-11,14,18H,2,5-6,12-13,15H2,(H,21,23). The molecule has 1 aliphatic rings. The van der Waals surface area contributed by atoms with Gasteiger partial charge in [-0.25, -0.2) is 13.2 Å². The molecule has 2 amide bonds. The van der Waals surface area contributed by atoms with Gasteiger partial charge in [-0.05, 0) is 43.0 Å². The topological polar surface area (TPSA) is 79.4 Å². The summed E-state index contributed by atoms with van der Waals surface area (Å²) >= 11 is 0. The first-order valence-electron chi connectivity index (χ1n) is 8.80. The average Bonchev–Trinajstić information content (AvgIpc) is 2.70. The number of urea groups is 1. The second kappa shape index (κ2) is 8.31. The van der Waals surface area contributed by atoms with Crippen LogP contribution in [-0.4, -0.2) is 44.0 Å². The highest BCUT2D eigenvalue weighted by Crippen LogP contribution is 2.28. The lowest BCUT2D eigenvalue weighted by atomic mass is 10.1. The van der Waals surface area contributed by atoms with E-state index in [1.165, 1.54) is 6.20 Å². The quantitative estimate of drug-likeness (QED) is 0.874. The Bertz CT molecular complexity index is 820. The normalized spacial score (nSPS) is 16.1. The molecule has 138 valence electrons. The lowest BCUT2D eigenvalue weighted by molar-refractivity contribution is 0.186. The summed E-state index contributed by atoms with van der Waals surface area (Å²) in [5, 5.41) is 1.92. The lowest BCUT2D eigenvalue weighted by Crippen LogP contribution is -2.44. The number of rotatable bonds is 5. The van der Waals surface area contributed by atoms with E-state index in [0.29, 0.717) is 5.56 Å². The molecule has 1 aliphatic heterocycles. The molecule has 1 unspecified atom stereocenters. The highest BCUT2D eigenvalue weighted by molar-refractivity contribution is 7.91. The maximum absolute atomic E-state index is 13.1. The van der Waals surface area contributed by atoms with Crippen molar-refractivity contribution in [2.75, 3.05) is 19.6 Å². The van der Waals surface area contributed by atoms with Crippen LogP contribution in [0.25, 0.3) is 0 Å². The molecule has 1 atom stereocenters. The number of hydrogen-bond acceptors (Lipinski definition) is 4. The van der Waals surface area contributed by atoms with E-state index in [2.05, 4.69) is 10.3 Å². The zero-order chi connectivity index (χ0) is 18.4. The van der Waals surface area contributed by atoms with Crippen molar-refractivity contribution in [1.82, 2.24) is 15.2 Å². The minimum atomic E-state index is -3.65. The number of nitrogens with zero attached hydrogens (tertiary/aromatic N) is 2. The van der Waals surface area contributed by atoms with Gasteiger partial charge in [-0.2, -0.15) is 0 Å². The van der Waals surface area contributed by atoms with Crippen molar-refractivity contribution >= 4 is 15.9 Å². The Morgan fingerprint density at radius 3 is 2.46 bits per heavy atom. The van der Waals surface area contributed by atoms with Crippen LogP contribution in [0.3, 0.4) is 0 Å². The number of carbonyl (C=O) groups excluding carboxylic acids is 1. The van der Waals surface area contributed by atoms with Gasteiger partial charge in [0.05, 0.1) is 4.90 Å². The van der Waals surface area contributed by atoms with Crippen LogP contribution in [-0.2, 0) is 9.84 Å². The van der Waals surface area contributed by atoms with E-state index in [4.69, 9.17) is 0 Å². The summed E-state index contributed by atoms with van der Waals surface area (Å²) < 4.78 is 26.3. The van der Waals surface area contributed by atoms with Crippen molar-refractivity contribution in [2.24, 2.45) is 0 Å². The molecule has 0 spiro atoms. The molecule has 0 bridgehead atoms. The molecule has 2 aromatic rings. The number of pyridine rings is 1. The van der Waals surface area contributed by atoms with E-state index >= 15 is 0 Å². The van der Waals surface area contributed by atoms with Crippen LogP contribution in [0.1, 0.15) is 30.1 Å². The van der Waals surface area contributed by atoms with E-state index in [1.54, 1.807) is 53.6 Å². The Balaban J connectivity index is 1.81. The number of piperidine rings is 1. The van der Waals surface area contributed by atoms with E-state index in [1.807, 2.05) is 0 Å². The Hall–Kier alpha value is -2.41. The summed E-state index contributed by atoms with van der Waals surface area (Å²) in [5.74, 6) is 0. The number of likely N-dealkylation sites (tertiary alicyclic amines) is 1. The molecular weight excluding hydrogens is 350 g/mol. The van der Waals surface area contributed by atoms with Crippen LogP contribution in [0, 0.1) is 0 Å². The zero-order valence-corrected chi connectivity index (χ0v) is 15.4. The van der Waals surface area contributed by atoms with Gasteiger partial charge in [0.1, 0.15) is 5.25 Å². The fourth-order valence-electron chi connectivity index (χ4n) is 3.14. The summed E-state index contributed by atoms with van der Waals surface area (Å²) in [6.07, 6.45) is 6.24. The third-order valence-corrected chi connectivity index (χ3v) is 6.70. The van der Waals surface area contributed by atoms with Gasteiger partial charge in [-0.1, -0.05) is 24.3 Å². The maximum Gasteiger partial charge on any atom is 0.317 e. The second-order valence-electron chi connectivity index (χ2n) is 6.37. The van der Waals surface area contributed by atoms with Gasteiger partial charge in [0.25, 0.3) is 0 Å². The summed E-state index contributed by atoms with van der Waals surface area (Å²) in [5.41, 5.74) is 0.565. The summed E-state index contributed by atoms with van der Waals surface area (Å²) in [6, 6.07) is 11.5. The molecule has 7 heteroatoms. The predicted molar refractivity (Wildman–Crippen MR) is 99.4 cm³/mol. The molecule has 0 aliphatic carbocycles. The predicted octanol–water partition coefficient (Wildman–Crippen LogP) is 2.79. The first kappa shape index (κ1) is 18.4. The van der Waals surface area contributed by atoms with Crippen molar-refractivity contribution in [2.45, 2.75) is 29.4 Å². The molecule has 2 heterocycles. The number of hydrogen-bond donors (Lipinski definition) is 1. The smallest absolute Gasteiger partial charge is 0.317 e. The minimum Gasteiger partial charge on any atom is -0.336 e. The van der Waals surface area contributed by atoms with Crippen LogP contribution in [0.2, 0.25) is 0 Å². The molecule has 1 aromatic heterocycles. The third kappa shape index (κ3) is 4.22. The fraction of sp³-hybridized carbons (Fsp3) is 0.368. The van der Waals surface area contributed by atoms with Crippen LogP contribution >= 0.6 is 0 Å². The van der Waals surface area contributed by atoms with Crippen LogP contribution < -0.4 is 5.32 Å². The third-order valence-electron chi connectivity index (χ3n) is 4.58. The highest BCUT2D eigenvalue weighted by atomic mass is 32.2. The number of sulfone groups is 1. The average molecular weight is 373 g/mol. The highest BCUT2D eigenvalue weighted by Gasteiger charge is 2.30. The minimum absolute atomic E-state index is 0.0122. The molecule has 1 aromatic carbocycles. The van der Waals surface area contributed by atoms with Crippen molar-refractivity contribution in [3.05, 3.63) is 60.4 Å². The van der Waals surface area contributed by atoms with Gasteiger partial charge >= 0.3 is 6.03 Å². The molecule has 1 N–H and O–H groups in total. The maximum atomic E-state index is 13.1. The first-order valence-corrected chi connectivity index (χ1v) is 10.4. The van der Waals surface area contributed by atoms with Gasteiger partial charge < -0.3 is 10.2 Å². The summed E-state index contributed by atoms with van der Waals surface area (Å²) in [4.78, 5) is 18.4. The number of carbonyl (C=O) groups is 1. The van der Waals surface area contributed by atoms with Crippen LogP contribution in [0.5, 0.6) is 0 Å². The van der Waals surface area contributed by atoms with E-state index < -0.39 is 15.1 Å². The van der Waals surface area contributed by atoms with E-state index in [9.17, 15) is 13.2 Å². The molecule has 1 fully saturated rings. The second-order valence-corrected chi connectivity index (χ2v) is 8.50. The number of benzene rings is 1. The lowest BCUT2D eigenvalue weighted by Gasteiger charge is -2.28. The Kier molecular flexibility index (Phi) is 5.88. The summed E-state index contributed by atoms with van der Waals surface area (Å²) in [7, 11) is -3.65. The van der Waals surface area contributed by atoms with Gasteiger partial charge in [-0.15, -0.1) is 0 Å². The van der Waals surface area contributed by atoms with Crippen molar-refractivity contribution < 1.29 is 13.2 Å². The molecule has 26 heavy (non-hydrogen) atoms. The van der Waals surface area contributed by atoms with E-state index in [-0.39, 0.29) is 17.5 Å². The van der Waals surface area contributed by atoms with Gasteiger partial charge in [0.15, 0.2) is 9.84 Å². The van der Waals surface area contributed by atoms with Crippen molar-refractivity contribution in [3.63, 3.8) is 0 Å². The van der Waals surface area contributed by atoms with Crippen molar-refractivity contribution in [1.29, 1.82) is 0 Å². The van der Waals surface area contributed by atoms with Gasteiger partial charge in [0, 0.05) is 32.0 Å². The molecule has 0 radical (unpaired) electrons. The SMILES string of the molecule is O=C(NCC(c1cccnc1)S(=O)(=O)c1ccccc1)N1CCCCC1. The fourth-order valence-corrected chi connectivity index (χ4v) is 4.80.